The van der Waals surface area contributed by atoms with Crippen LogP contribution >= 0.6 is 0 Å². The molecule has 1 N–H and O–H groups in total. The zero-order chi connectivity index (χ0) is 14.6. The lowest BCUT2D eigenvalue weighted by Gasteiger charge is -2.20. The summed E-state index contributed by atoms with van der Waals surface area (Å²) < 4.78 is 5.13. The Hall–Kier alpha value is -2.10. The van der Waals surface area contributed by atoms with E-state index in [-0.39, 0.29) is 11.3 Å². The highest BCUT2D eigenvalue weighted by Gasteiger charge is 2.26. The van der Waals surface area contributed by atoms with Crippen molar-refractivity contribution in [1.82, 2.24) is 0 Å². The minimum absolute atomic E-state index is 0.332. The van der Waals surface area contributed by atoms with E-state index in [0.29, 0.717) is 5.56 Å². The van der Waals surface area contributed by atoms with Gasteiger partial charge in [0.1, 0.15) is 16.9 Å². The molecule has 0 atom stereocenters. The van der Waals surface area contributed by atoms with Crippen molar-refractivity contribution in [1.29, 1.82) is 0 Å². The number of aliphatic hydroxyl groups is 1. The van der Waals surface area contributed by atoms with Crippen molar-refractivity contribution < 1.29 is 19.4 Å². The molecule has 0 aliphatic carbocycles. The topological polar surface area (TPSA) is 63.6 Å². The van der Waals surface area contributed by atoms with Crippen molar-refractivity contribution >= 4 is 17.5 Å². The van der Waals surface area contributed by atoms with E-state index in [1.165, 1.54) is 6.92 Å². The molecule has 0 radical (unpaired) electrons. The number of hydrogen-bond donors (Lipinski definition) is 1. The largest absolute Gasteiger partial charge is 0.506 e. The summed E-state index contributed by atoms with van der Waals surface area (Å²) in [7, 11) is 0. The fourth-order valence-corrected chi connectivity index (χ4v) is 1.48. The lowest BCUT2D eigenvalue weighted by molar-refractivity contribution is -0.150. The van der Waals surface area contributed by atoms with Gasteiger partial charge in [-0.15, -0.1) is 0 Å². The van der Waals surface area contributed by atoms with E-state index in [1.54, 1.807) is 51.1 Å². The maximum atomic E-state index is 12.0. The van der Waals surface area contributed by atoms with E-state index >= 15 is 0 Å². The predicted molar refractivity (Wildman–Crippen MR) is 72.5 cm³/mol. The second kappa shape index (κ2) is 5.69. The Labute approximate surface area is 112 Å². The SMILES string of the molecule is CC(=O)/C(C(=O)OC(C)(C)C)=C(/O)c1ccccc1. The van der Waals surface area contributed by atoms with Gasteiger partial charge in [-0.2, -0.15) is 0 Å². The van der Waals surface area contributed by atoms with Crippen molar-refractivity contribution in [3.05, 3.63) is 41.5 Å². The molecule has 0 aliphatic heterocycles. The summed E-state index contributed by atoms with van der Waals surface area (Å²) in [5, 5.41) is 10.1. The second-order valence-corrected chi connectivity index (χ2v) is 5.15. The fourth-order valence-electron chi connectivity index (χ4n) is 1.48. The fraction of sp³-hybridized carbons (Fsp3) is 0.333. The van der Waals surface area contributed by atoms with Crippen LogP contribution in [0.4, 0.5) is 0 Å². The quantitative estimate of drug-likeness (QED) is 0.299. The third-order valence-electron chi connectivity index (χ3n) is 2.24. The molecular weight excluding hydrogens is 244 g/mol. The molecule has 1 aromatic rings. The Morgan fingerprint density at radius 1 is 1.11 bits per heavy atom. The molecule has 0 amide bonds. The Bertz CT molecular complexity index is 507. The average Bonchev–Trinajstić information content (AvgIpc) is 2.27. The number of ether oxygens (including phenoxy) is 1. The van der Waals surface area contributed by atoms with E-state index in [4.69, 9.17) is 4.74 Å². The third-order valence-corrected chi connectivity index (χ3v) is 2.24. The van der Waals surface area contributed by atoms with Crippen molar-refractivity contribution in [2.45, 2.75) is 33.3 Å². The molecule has 0 saturated heterocycles. The van der Waals surface area contributed by atoms with E-state index in [2.05, 4.69) is 0 Å². The molecule has 4 heteroatoms. The average molecular weight is 262 g/mol. The van der Waals surface area contributed by atoms with E-state index in [1.807, 2.05) is 0 Å². The van der Waals surface area contributed by atoms with Gasteiger partial charge in [-0.3, -0.25) is 4.79 Å². The molecule has 0 fully saturated rings. The number of hydrogen-bond acceptors (Lipinski definition) is 4. The summed E-state index contributed by atoms with van der Waals surface area (Å²) in [5.41, 5.74) is -0.658. The number of esters is 1. The summed E-state index contributed by atoms with van der Waals surface area (Å²) in [4.78, 5) is 23.5. The van der Waals surface area contributed by atoms with Gasteiger partial charge in [-0.05, 0) is 27.7 Å². The first kappa shape index (κ1) is 15.0. The second-order valence-electron chi connectivity index (χ2n) is 5.15. The molecule has 0 aliphatic rings. The molecule has 1 aromatic carbocycles. The first-order valence-electron chi connectivity index (χ1n) is 5.95. The van der Waals surface area contributed by atoms with Gasteiger partial charge in [0.2, 0.25) is 0 Å². The predicted octanol–water partition coefficient (Wildman–Crippen LogP) is 2.89. The molecule has 0 heterocycles. The van der Waals surface area contributed by atoms with E-state index in [0.717, 1.165) is 0 Å². The Morgan fingerprint density at radius 2 is 1.63 bits per heavy atom. The van der Waals surface area contributed by atoms with Crippen molar-refractivity contribution in [3.63, 3.8) is 0 Å². The summed E-state index contributed by atoms with van der Waals surface area (Å²) in [6.45, 7) is 6.31. The van der Waals surface area contributed by atoms with Crippen LogP contribution in [-0.4, -0.2) is 22.5 Å². The summed E-state index contributed by atoms with van der Waals surface area (Å²) >= 11 is 0. The van der Waals surface area contributed by atoms with Crippen LogP contribution in [0.25, 0.3) is 5.76 Å². The van der Waals surface area contributed by atoms with Crippen LogP contribution in [0.3, 0.4) is 0 Å². The molecule has 1 rings (SSSR count). The monoisotopic (exact) mass is 262 g/mol. The number of carbonyl (C=O) groups is 2. The minimum atomic E-state index is -0.818. The Morgan fingerprint density at radius 3 is 2.05 bits per heavy atom. The van der Waals surface area contributed by atoms with Gasteiger partial charge in [-0.1, -0.05) is 30.3 Å². The number of ketones is 1. The smallest absolute Gasteiger partial charge is 0.346 e. The lowest BCUT2D eigenvalue weighted by atomic mass is 10.1. The van der Waals surface area contributed by atoms with Crippen LogP contribution in [0.1, 0.15) is 33.3 Å². The highest BCUT2D eigenvalue weighted by Crippen LogP contribution is 2.20. The summed E-state index contributed by atoms with van der Waals surface area (Å²) in [6.07, 6.45) is 0. The molecule has 0 spiro atoms. The zero-order valence-corrected chi connectivity index (χ0v) is 11.6. The van der Waals surface area contributed by atoms with Gasteiger partial charge in [-0.25, -0.2) is 4.79 Å². The van der Waals surface area contributed by atoms with Gasteiger partial charge >= 0.3 is 5.97 Å². The van der Waals surface area contributed by atoms with Crippen LogP contribution in [0.5, 0.6) is 0 Å². The first-order chi connectivity index (χ1) is 8.72. The highest BCUT2D eigenvalue weighted by molar-refractivity contribution is 6.21. The normalized spacial score (nSPS) is 12.6. The van der Waals surface area contributed by atoms with Gasteiger partial charge in [0.15, 0.2) is 5.78 Å². The third kappa shape index (κ3) is 4.25. The molecule has 0 saturated carbocycles. The van der Waals surface area contributed by atoms with Crippen molar-refractivity contribution in [2.24, 2.45) is 0 Å². The molecule has 19 heavy (non-hydrogen) atoms. The van der Waals surface area contributed by atoms with Crippen LogP contribution < -0.4 is 0 Å². The number of rotatable bonds is 3. The maximum absolute atomic E-state index is 12.0. The van der Waals surface area contributed by atoms with Crippen molar-refractivity contribution in [3.8, 4) is 0 Å². The molecule has 0 aromatic heterocycles. The Balaban J connectivity index is 3.21. The van der Waals surface area contributed by atoms with Crippen LogP contribution in [0, 0.1) is 0 Å². The molecule has 4 nitrogen and oxygen atoms in total. The number of Topliss-reactive ketones (excluding diaryl/α,β-unsaturated/α-hetero) is 1. The number of carbonyl (C=O) groups excluding carboxylic acids is 2. The molecular formula is C15H18O4. The molecule has 0 unspecified atom stereocenters. The number of benzene rings is 1. The summed E-state index contributed by atoms with van der Waals surface area (Å²) in [5.74, 6) is -1.71. The number of aliphatic hydroxyl groups excluding tert-OH is 1. The zero-order valence-electron chi connectivity index (χ0n) is 11.6. The van der Waals surface area contributed by atoms with Gasteiger partial charge in [0.05, 0.1) is 0 Å². The van der Waals surface area contributed by atoms with E-state index < -0.39 is 17.4 Å². The van der Waals surface area contributed by atoms with Gasteiger partial charge < -0.3 is 9.84 Å². The van der Waals surface area contributed by atoms with Crippen LogP contribution in [0.2, 0.25) is 0 Å². The molecule has 0 bridgehead atoms. The summed E-state index contributed by atoms with van der Waals surface area (Å²) in [6, 6.07) is 8.42. The van der Waals surface area contributed by atoms with Crippen LogP contribution in [0.15, 0.2) is 35.9 Å². The standard InChI is InChI=1S/C15H18O4/c1-10(16)12(14(18)19-15(2,3)4)13(17)11-8-6-5-7-9-11/h5-9,17H,1-4H3/b13-12-. The van der Waals surface area contributed by atoms with E-state index in [9.17, 15) is 14.7 Å². The molecule has 102 valence electrons. The lowest BCUT2D eigenvalue weighted by Crippen LogP contribution is -2.27. The highest BCUT2D eigenvalue weighted by atomic mass is 16.6. The van der Waals surface area contributed by atoms with Gasteiger partial charge in [0.25, 0.3) is 0 Å². The Kier molecular flexibility index (Phi) is 4.48. The first-order valence-corrected chi connectivity index (χ1v) is 5.95. The maximum Gasteiger partial charge on any atom is 0.346 e. The van der Waals surface area contributed by atoms with Crippen LogP contribution in [-0.2, 0) is 14.3 Å². The van der Waals surface area contributed by atoms with Gasteiger partial charge in [0, 0.05) is 5.56 Å². The minimum Gasteiger partial charge on any atom is -0.506 e. The van der Waals surface area contributed by atoms with Crippen molar-refractivity contribution in [2.75, 3.05) is 0 Å².